The maximum absolute atomic E-state index is 12.1. The van der Waals surface area contributed by atoms with Crippen LogP contribution >= 0.6 is 0 Å². The zero-order valence-electron chi connectivity index (χ0n) is 12.0. The Morgan fingerprint density at radius 3 is 2.86 bits per heavy atom. The molecule has 1 unspecified atom stereocenters. The second-order valence-corrected chi connectivity index (χ2v) is 4.90. The van der Waals surface area contributed by atoms with Gasteiger partial charge in [0.05, 0.1) is 13.2 Å². The Kier molecular flexibility index (Phi) is 5.35. The maximum atomic E-state index is 12.1. The zero-order chi connectivity index (χ0) is 15.2. The molecule has 0 saturated carbocycles. The number of rotatable bonds is 6. The van der Waals surface area contributed by atoms with Crippen molar-refractivity contribution in [1.29, 1.82) is 0 Å². The summed E-state index contributed by atoms with van der Waals surface area (Å²) in [6.07, 6.45) is 1.45. The Bertz CT molecular complexity index is 536. The summed E-state index contributed by atoms with van der Waals surface area (Å²) in [7, 11) is 0. The number of aromatic nitrogens is 1. The van der Waals surface area contributed by atoms with Crippen molar-refractivity contribution >= 4 is 5.97 Å². The lowest BCUT2D eigenvalue weighted by molar-refractivity contribution is -0.140. The average Bonchev–Trinajstić information content (AvgIpc) is 2.49. The number of carbonyl (C=O) groups is 1. The number of carboxylic acid groups (broad SMARTS) is 1. The van der Waals surface area contributed by atoms with Crippen LogP contribution in [0.25, 0.3) is 0 Å². The lowest BCUT2D eigenvalue weighted by atomic mass is 10.3. The minimum absolute atomic E-state index is 0.179. The second kappa shape index (κ2) is 7.24. The van der Waals surface area contributed by atoms with Gasteiger partial charge in [0.15, 0.2) is 5.75 Å². The number of pyridine rings is 1. The lowest BCUT2D eigenvalue weighted by Gasteiger charge is -2.26. The number of morpholine rings is 1. The van der Waals surface area contributed by atoms with Gasteiger partial charge >= 0.3 is 5.97 Å². The maximum Gasteiger partial charge on any atom is 0.326 e. The molecule has 0 aliphatic carbocycles. The van der Waals surface area contributed by atoms with Crippen molar-refractivity contribution in [2.75, 3.05) is 39.5 Å². The van der Waals surface area contributed by atoms with E-state index in [-0.39, 0.29) is 5.75 Å². The Labute approximate surface area is 122 Å². The van der Waals surface area contributed by atoms with Crippen molar-refractivity contribution in [3.8, 4) is 5.75 Å². The van der Waals surface area contributed by atoms with Crippen LogP contribution in [0, 0.1) is 0 Å². The van der Waals surface area contributed by atoms with Gasteiger partial charge in [-0.15, -0.1) is 0 Å². The molecule has 21 heavy (non-hydrogen) atoms. The van der Waals surface area contributed by atoms with Crippen LogP contribution in [0.3, 0.4) is 0 Å². The summed E-state index contributed by atoms with van der Waals surface area (Å²) < 4.78 is 11.9. The van der Waals surface area contributed by atoms with E-state index in [1.165, 1.54) is 13.1 Å². The van der Waals surface area contributed by atoms with Gasteiger partial charge in [-0.3, -0.25) is 14.3 Å². The van der Waals surface area contributed by atoms with E-state index in [1.807, 2.05) is 0 Å². The predicted octanol–water partition coefficient (Wildman–Crippen LogP) is 0.205. The molecule has 1 fully saturated rings. The minimum atomic E-state index is -1.05. The van der Waals surface area contributed by atoms with Gasteiger partial charge in [-0.1, -0.05) is 0 Å². The van der Waals surface area contributed by atoms with Crippen molar-refractivity contribution in [3.63, 3.8) is 0 Å². The van der Waals surface area contributed by atoms with E-state index >= 15 is 0 Å². The fourth-order valence-electron chi connectivity index (χ4n) is 2.13. The highest BCUT2D eigenvalue weighted by molar-refractivity contribution is 5.71. The van der Waals surface area contributed by atoms with E-state index in [9.17, 15) is 9.59 Å². The largest absolute Gasteiger partial charge is 0.487 e. The van der Waals surface area contributed by atoms with Crippen LogP contribution in [0.5, 0.6) is 5.75 Å². The van der Waals surface area contributed by atoms with E-state index in [4.69, 9.17) is 14.6 Å². The van der Waals surface area contributed by atoms with E-state index in [1.54, 1.807) is 12.1 Å². The number of ether oxygens (including phenoxy) is 2. The van der Waals surface area contributed by atoms with Crippen LogP contribution in [0.15, 0.2) is 23.1 Å². The normalized spacial score (nSPS) is 17.4. The van der Waals surface area contributed by atoms with Crippen LogP contribution in [-0.2, 0) is 9.53 Å². The SMILES string of the molecule is CC(C(=O)O)n1cccc(OCCN2CCOCC2)c1=O. The summed E-state index contributed by atoms with van der Waals surface area (Å²) in [6, 6.07) is 2.26. The highest BCUT2D eigenvalue weighted by atomic mass is 16.5. The molecule has 0 radical (unpaired) electrons. The van der Waals surface area contributed by atoms with Gasteiger partial charge < -0.3 is 14.6 Å². The van der Waals surface area contributed by atoms with Crippen molar-refractivity contribution in [1.82, 2.24) is 9.47 Å². The molecule has 2 heterocycles. The van der Waals surface area contributed by atoms with Crippen molar-refractivity contribution in [2.24, 2.45) is 0 Å². The third-order valence-corrected chi connectivity index (χ3v) is 3.48. The standard InChI is InChI=1S/C14H20N2O5/c1-11(14(18)19)16-4-2-3-12(13(16)17)21-10-7-15-5-8-20-9-6-15/h2-4,11H,5-10H2,1H3,(H,18,19). The summed E-state index contributed by atoms with van der Waals surface area (Å²) in [5.41, 5.74) is -0.422. The molecular weight excluding hydrogens is 276 g/mol. The number of hydrogen-bond donors (Lipinski definition) is 1. The van der Waals surface area contributed by atoms with E-state index in [2.05, 4.69) is 4.90 Å². The van der Waals surface area contributed by atoms with Crippen LogP contribution in [-0.4, -0.2) is 60.0 Å². The first-order chi connectivity index (χ1) is 10.1. The van der Waals surface area contributed by atoms with Gasteiger partial charge in [-0.05, 0) is 19.1 Å². The minimum Gasteiger partial charge on any atom is -0.487 e. The highest BCUT2D eigenvalue weighted by Crippen LogP contribution is 2.08. The second-order valence-electron chi connectivity index (χ2n) is 4.90. The third-order valence-electron chi connectivity index (χ3n) is 3.48. The molecule has 1 atom stereocenters. The van der Waals surface area contributed by atoms with Crippen molar-refractivity contribution < 1.29 is 19.4 Å². The Morgan fingerprint density at radius 1 is 1.48 bits per heavy atom. The predicted molar refractivity (Wildman–Crippen MR) is 75.8 cm³/mol. The first kappa shape index (κ1) is 15.5. The molecule has 1 aromatic heterocycles. The van der Waals surface area contributed by atoms with Gasteiger partial charge in [0, 0.05) is 25.8 Å². The van der Waals surface area contributed by atoms with Gasteiger partial charge in [-0.2, -0.15) is 0 Å². The number of aliphatic carboxylic acids is 1. The topological polar surface area (TPSA) is 81.0 Å². The summed E-state index contributed by atoms with van der Waals surface area (Å²) in [5.74, 6) is -0.874. The van der Waals surface area contributed by atoms with Gasteiger partial charge in [0.2, 0.25) is 0 Å². The summed E-state index contributed by atoms with van der Waals surface area (Å²) in [5, 5.41) is 8.98. The third kappa shape index (κ3) is 4.05. The Hall–Kier alpha value is -1.86. The van der Waals surface area contributed by atoms with Crippen LogP contribution in [0.2, 0.25) is 0 Å². The monoisotopic (exact) mass is 296 g/mol. The number of nitrogens with zero attached hydrogens (tertiary/aromatic N) is 2. The molecular formula is C14H20N2O5. The molecule has 1 N–H and O–H groups in total. The summed E-state index contributed by atoms with van der Waals surface area (Å²) >= 11 is 0. The van der Waals surface area contributed by atoms with Gasteiger partial charge in [0.1, 0.15) is 12.6 Å². The molecule has 1 aliphatic rings. The molecule has 0 aromatic carbocycles. The molecule has 7 nitrogen and oxygen atoms in total. The van der Waals surface area contributed by atoms with Crippen LogP contribution in [0.1, 0.15) is 13.0 Å². The summed E-state index contributed by atoms with van der Waals surface area (Å²) in [6.45, 7) is 5.72. The quantitative estimate of drug-likeness (QED) is 0.808. The molecule has 7 heteroatoms. The Balaban J connectivity index is 1.95. The number of hydrogen-bond acceptors (Lipinski definition) is 5. The number of carboxylic acids is 1. The first-order valence-corrected chi connectivity index (χ1v) is 6.96. The smallest absolute Gasteiger partial charge is 0.326 e. The molecule has 1 aliphatic heterocycles. The lowest BCUT2D eigenvalue weighted by Crippen LogP contribution is -2.39. The van der Waals surface area contributed by atoms with Crippen molar-refractivity contribution in [3.05, 3.63) is 28.7 Å². The fourth-order valence-corrected chi connectivity index (χ4v) is 2.13. The van der Waals surface area contributed by atoms with Crippen LogP contribution < -0.4 is 10.3 Å². The first-order valence-electron chi connectivity index (χ1n) is 6.96. The van der Waals surface area contributed by atoms with Crippen LogP contribution in [0.4, 0.5) is 0 Å². The zero-order valence-corrected chi connectivity index (χ0v) is 12.0. The molecule has 0 amide bonds. The fraction of sp³-hybridized carbons (Fsp3) is 0.571. The van der Waals surface area contributed by atoms with E-state index in [0.29, 0.717) is 26.4 Å². The van der Waals surface area contributed by atoms with Gasteiger partial charge in [0.25, 0.3) is 5.56 Å². The molecule has 2 rings (SSSR count). The Morgan fingerprint density at radius 2 is 2.19 bits per heavy atom. The molecule has 0 bridgehead atoms. The molecule has 1 aromatic rings. The highest BCUT2D eigenvalue weighted by Gasteiger charge is 2.16. The van der Waals surface area contributed by atoms with E-state index < -0.39 is 17.6 Å². The molecule has 116 valence electrons. The van der Waals surface area contributed by atoms with Crippen molar-refractivity contribution in [2.45, 2.75) is 13.0 Å². The molecule has 1 saturated heterocycles. The summed E-state index contributed by atoms with van der Waals surface area (Å²) in [4.78, 5) is 25.3. The van der Waals surface area contributed by atoms with Gasteiger partial charge in [-0.25, -0.2) is 4.79 Å². The molecule has 0 spiro atoms. The van der Waals surface area contributed by atoms with E-state index in [0.717, 1.165) is 17.7 Å². The average molecular weight is 296 g/mol.